The molecule has 1 aromatic carbocycles. The van der Waals surface area contributed by atoms with E-state index in [1.54, 1.807) is 0 Å². The largest absolute Gasteiger partial charge is 0.454 e. The van der Waals surface area contributed by atoms with Gasteiger partial charge in [-0.3, -0.25) is 0 Å². The quantitative estimate of drug-likeness (QED) is 0.582. The standard InChI is InChI=1S/C13H12O4/c1-2-5-14-13(12-7-15-12)9-3-4-10-11(6-9)17-8-16-10/h1,3-4,6,12-13H,5,7-8H2. The van der Waals surface area contributed by atoms with Gasteiger partial charge in [-0.05, 0) is 17.7 Å². The first-order chi connectivity index (χ1) is 8.38. The van der Waals surface area contributed by atoms with Gasteiger partial charge in [0.2, 0.25) is 6.79 Å². The summed E-state index contributed by atoms with van der Waals surface area (Å²) in [6.07, 6.45) is 5.18. The number of hydrogen-bond donors (Lipinski definition) is 0. The van der Waals surface area contributed by atoms with Crippen LogP contribution in [0.3, 0.4) is 0 Å². The van der Waals surface area contributed by atoms with E-state index >= 15 is 0 Å². The molecule has 0 bridgehead atoms. The molecule has 1 saturated heterocycles. The van der Waals surface area contributed by atoms with Crippen LogP contribution < -0.4 is 9.47 Å². The zero-order valence-electron chi connectivity index (χ0n) is 9.22. The first-order valence-electron chi connectivity index (χ1n) is 5.44. The monoisotopic (exact) mass is 232 g/mol. The molecule has 2 atom stereocenters. The summed E-state index contributed by atoms with van der Waals surface area (Å²) < 4.78 is 21.5. The van der Waals surface area contributed by atoms with Crippen molar-refractivity contribution in [2.24, 2.45) is 0 Å². The van der Waals surface area contributed by atoms with Crippen molar-refractivity contribution < 1.29 is 18.9 Å². The van der Waals surface area contributed by atoms with Crippen LogP contribution >= 0.6 is 0 Å². The Morgan fingerprint density at radius 1 is 1.41 bits per heavy atom. The zero-order chi connectivity index (χ0) is 11.7. The van der Waals surface area contributed by atoms with E-state index < -0.39 is 0 Å². The zero-order valence-corrected chi connectivity index (χ0v) is 9.22. The number of terminal acetylenes is 1. The van der Waals surface area contributed by atoms with E-state index in [9.17, 15) is 0 Å². The topological polar surface area (TPSA) is 40.2 Å². The van der Waals surface area contributed by atoms with Crippen LogP contribution in [0.2, 0.25) is 0 Å². The highest BCUT2D eigenvalue weighted by molar-refractivity contribution is 5.45. The van der Waals surface area contributed by atoms with E-state index in [0.717, 1.165) is 17.1 Å². The molecule has 17 heavy (non-hydrogen) atoms. The van der Waals surface area contributed by atoms with Crippen LogP contribution in [0.15, 0.2) is 18.2 Å². The number of rotatable bonds is 4. The van der Waals surface area contributed by atoms with E-state index in [1.807, 2.05) is 18.2 Å². The molecule has 0 saturated carbocycles. The normalized spacial score (nSPS) is 21.9. The third-order valence-electron chi connectivity index (χ3n) is 2.77. The van der Waals surface area contributed by atoms with Crippen LogP contribution in [-0.4, -0.2) is 26.1 Å². The molecule has 88 valence electrons. The molecular weight excluding hydrogens is 220 g/mol. The summed E-state index contributed by atoms with van der Waals surface area (Å²) in [5.74, 6) is 3.98. The van der Waals surface area contributed by atoms with Crippen molar-refractivity contribution in [2.45, 2.75) is 12.2 Å². The number of hydrogen-bond acceptors (Lipinski definition) is 4. The summed E-state index contributed by atoms with van der Waals surface area (Å²) >= 11 is 0. The molecule has 2 aliphatic heterocycles. The number of benzene rings is 1. The van der Waals surface area contributed by atoms with Gasteiger partial charge >= 0.3 is 0 Å². The second-order valence-corrected chi connectivity index (χ2v) is 3.92. The minimum Gasteiger partial charge on any atom is -0.454 e. The fourth-order valence-electron chi connectivity index (χ4n) is 1.88. The lowest BCUT2D eigenvalue weighted by atomic mass is 10.1. The molecule has 0 radical (unpaired) electrons. The molecule has 0 amide bonds. The molecule has 2 unspecified atom stereocenters. The van der Waals surface area contributed by atoms with Gasteiger partial charge in [-0.25, -0.2) is 0 Å². The third kappa shape index (κ3) is 2.07. The lowest BCUT2D eigenvalue weighted by Crippen LogP contribution is -2.11. The molecule has 1 aromatic rings. The van der Waals surface area contributed by atoms with E-state index in [-0.39, 0.29) is 25.6 Å². The van der Waals surface area contributed by atoms with Gasteiger partial charge in [0.1, 0.15) is 18.8 Å². The number of ether oxygens (including phenoxy) is 4. The first kappa shape index (κ1) is 10.5. The van der Waals surface area contributed by atoms with Gasteiger partial charge in [-0.2, -0.15) is 0 Å². The Morgan fingerprint density at radius 2 is 2.24 bits per heavy atom. The van der Waals surface area contributed by atoms with Crippen molar-refractivity contribution >= 4 is 0 Å². The van der Waals surface area contributed by atoms with Crippen LogP contribution in [0.5, 0.6) is 11.5 Å². The Bertz CT molecular complexity index is 459. The lowest BCUT2D eigenvalue weighted by Gasteiger charge is -2.14. The highest BCUT2D eigenvalue weighted by atomic mass is 16.7. The molecule has 3 rings (SSSR count). The highest BCUT2D eigenvalue weighted by Crippen LogP contribution is 2.38. The molecule has 4 heteroatoms. The average Bonchev–Trinajstić information content (AvgIpc) is 3.07. The maximum Gasteiger partial charge on any atom is 0.231 e. The van der Waals surface area contributed by atoms with E-state index in [0.29, 0.717) is 6.61 Å². The SMILES string of the molecule is C#CCOC(c1ccc2c(c1)OCO2)C1CO1. The Balaban J connectivity index is 1.83. The molecule has 0 aliphatic carbocycles. The van der Waals surface area contributed by atoms with Gasteiger partial charge in [0.15, 0.2) is 11.5 Å². The predicted octanol–water partition coefficient (Wildman–Crippen LogP) is 1.50. The first-order valence-corrected chi connectivity index (χ1v) is 5.44. The molecule has 4 nitrogen and oxygen atoms in total. The second kappa shape index (κ2) is 4.28. The number of epoxide rings is 1. The minimum absolute atomic E-state index is 0.101. The van der Waals surface area contributed by atoms with E-state index in [2.05, 4.69) is 5.92 Å². The Kier molecular flexibility index (Phi) is 2.63. The van der Waals surface area contributed by atoms with Crippen molar-refractivity contribution in [3.8, 4) is 23.8 Å². The fraction of sp³-hybridized carbons (Fsp3) is 0.385. The van der Waals surface area contributed by atoms with Gasteiger partial charge in [-0.15, -0.1) is 6.42 Å². The predicted molar refractivity (Wildman–Crippen MR) is 59.8 cm³/mol. The average molecular weight is 232 g/mol. The Morgan fingerprint density at radius 3 is 3.00 bits per heavy atom. The smallest absolute Gasteiger partial charge is 0.231 e. The molecule has 0 N–H and O–H groups in total. The Hall–Kier alpha value is -1.70. The molecule has 2 heterocycles. The second-order valence-electron chi connectivity index (χ2n) is 3.92. The lowest BCUT2D eigenvalue weighted by molar-refractivity contribution is 0.0541. The minimum atomic E-state index is -0.124. The van der Waals surface area contributed by atoms with Crippen LogP contribution in [0.4, 0.5) is 0 Å². The molecule has 0 aromatic heterocycles. The van der Waals surface area contributed by atoms with E-state index in [4.69, 9.17) is 25.4 Å². The molecule has 2 aliphatic rings. The van der Waals surface area contributed by atoms with Gasteiger partial charge < -0.3 is 18.9 Å². The van der Waals surface area contributed by atoms with Crippen molar-refractivity contribution in [1.29, 1.82) is 0 Å². The molecular formula is C13H12O4. The van der Waals surface area contributed by atoms with Gasteiger partial charge in [0.25, 0.3) is 0 Å². The summed E-state index contributed by atoms with van der Waals surface area (Å²) in [7, 11) is 0. The van der Waals surface area contributed by atoms with Crippen LogP contribution in [0.1, 0.15) is 11.7 Å². The van der Waals surface area contributed by atoms with Crippen LogP contribution in [0.25, 0.3) is 0 Å². The van der Waals surface area contributed by atoms with Crippen LogP contribution in [0, 0.1) is 12.3 Å². The van der Waals surface area contributed by atoms with Crippen LogP contribution in [-0.2, 0) is 9.47 Å². The maximum absolute atomic E-state index is 5.60. The summed E-state index contributed by atoms with van der Waals surface area (Å²) in [6.45, 7) is 1.26. The molecule has 0 spiro atoms. The van der Waals surface area contributed by atoms with Crippen molar-refractivity contribution in [3.05, 3.63) is 23.8 Å². The Labute approximate surface area is 99.4 Å². The van der Waals surface area contributed by atoms with Gasteiger partial charge in [0, 0.05) is 0 Å². The summed E-state index contributed by atoms with van der Waals surface area (Å²) in [5.41, 5.74) is 1.01. The molecule has 1 fully saturated rings. The summed E-state index contributed by atoms with van der Waals surface area (Å²) in [6, 6.07) is 5.76. The van der Waals surface area contributed by atoms with Crippen molar-refractivity contribution in [2.75, 3.05) is 20.0 Å². The third-order valence-corrected chi connectivity index (χ3v) is 2.77. The highest BCUT2D eigenvalue weighted by Gasteiger charge is 2.35. The number of fused-ring (bicyclic) bond motifs is 1. The fourth-order valence-corrected chi connectivity index (χ4v) is 1.88. The van der Waals surface area contributed by atoms with Crippen molar-refractivity contribution in [3.63, 3.8) is 0 Å². The van der Waals surface area contributed by atoms with Crippen molar-refractivity contribution in [1.82, 2.24) is 0 Å². The summed E-state index contributed by atoms with van der Waals surface area (Å²) in [4.78, 5) is 0. The van der Waals surface area contributed by atoms with Gasteiger partial charge in [0.05, 0.1) is 6.61 Å². The summed E-state index contributed by atoms with van der Waals surface area (Å²) in [5, 5.41) is 0. The van der Waals surface area contributed by atoms with Gasteiger partial charge in [-0.1, -0.05) is 12.0 Å². The van der Waals surface area contributed by atoms with E-state index in [1.165, 1.54) is 0 Å². The maximum atomic E-state index is 5.60.